The zero-order chi connectivity index (χ0) is 13.1. The van der Waals surface area contributed by atoms with Crippen molar-refractivity contribution < 1.29 is 9.59 Å². The van der Waals surface area contributed by atoms with Crippen molar-refractivity contribution >= 4 is 23.2 Å². The van der Waals surface area contributed by atoms with Gasteiger partial charge < -0.3 is 0 Å². The molecule has 2 rings (SSSR count). The summed E-state index contributed by atoms with van der Waals surface area (Å²) >= 11 is 1.37. The first-order chi connectivity index (χ1) is 8.69. The molecule has 0 bridgehead atoms. The average molecular weight is 265 g/mol. The van der Waals surface area contributed by atoms with Crippen molar-refractivity contribution in [2.75, 3.05) is 6.54 Å². The fraction of sp³-hybridized carbons (Fsp3) is 0.571. The minimum atomic E-state index is -0.105. The molecule has 0 aromatic carbocycles. The predicted molar refractivity (Wildman–Crippen MR) is 73.0 cm³/mol. The van der Waals surface area contributed by atoms with E-state index in [2.05, 4.69) is 13.8 Å². The van der Waals surface area contributed by atoms with Crippen LogP contribution in [-0.2, 0) is 0 Å². The maximum absolute atomic E-state index is 12.1. The molecule has 1 unspecified atom stereocenters. The highest BCUT2D eigenvalue weighted by atomic mass is 32.1. The normalized spacial score (nSPS) is 16.2. The first kappa shape index (κ1) is 13.3. The Morgan fingerprint density at radius 1 is 1.28 bits per heavy atom. The van der Waals surface area contributed by atoms with Crippen molar-refractivity contribution in [3.63, 3.8) is 0 Å². The summed E-state index contributed by atoms with van der Waals surface area (Å²) in [4.78, 5) is 26.3. The molecule has 0 aliphatic carbocycles. The van der Waals surface area contributed by atoms with Crippen LogP contribution < -0.4 is 0 Å². The van der Waals surface area contributed by atoms with Crippen molar-refractivity contribution in [2.45, 2.75) is 39.5 Å². The van der Waals surface area contributed by atoms with Crippen LogP contribution in [0.2, 0.25) is 0 Å². The van der Waals surface area contributed by atoms with Gasteiger partial charge in [-0.15, -0.1) is 11.3 Å². The van der Waals surface area contributed by atoms with Crippen molar-refractivity contribution in [3.8, 4) is 0 Å². The summed E-state index contributed by atoms with van der Waals surface area (Å²) in [5.74, 6) is 0.234. The number of nitrogens with zero attached hydrogens (tertiary/aromatic N) is 1. The zero-order valence-electron chi connectivity index (χ0n) is 10.9. The maximum atomic E-state index is 12.1. The molecule has 3 nitrogen and oxygen atoms in total. The van der Waals surface area contributed by atoms with Gasteiger partial charge in [0, 0.05) is 6.54 Å². The number of rotatable bonds is 6. The maximum Gasteiger partial charge on any atom is 0.271 e. The molecule has 1 aromatic heterocycles. The number of carbonyl (C=O) groups excluding carboxylic acids is 2. The molecule has 2 amide bonds. The minimum absolute atomic E-state index is 0.0973. The Labute approximate surface area is 112 Å². The highest BCUT2D eigenvalue weighted by Crippen LogP contribution is 2.29. The number of carbonyl (C=O) groups is 2. The topological polar surface area (TPSA) is 37.4 Å². The number of hydrogen-bond donors (Lipinski definition) is 0. The third-order valence-electron chi connectivity index (χ3n) is 3.56. The van der Waals surface area contributed by atoms with E-state index in [-0.39, 0.29) is 11.8 Å². The fourth-order valence-electron chi connectivity index (χ4n) is 2.34. The number of imide groups is 1. The SMILES string of the molecule is CCCCC(CC)CN1C(=O)c2ccsc2C1=O. The van der Waals surface area contributed by atoms with E-state index in [1.165, 1.54) is 16.2 Å². The second-order valence-electron chi connectivity index (χ2n) is 4.80. The Morgan fingerprint density at radius 3 is 2.67 bits per heavy atom. The molecule has 1 atom stereocenters. The molecule has 1 aliphatic heterocycles. The quantitative estimate of drug-likeness (QED) is 0.737. The van der Waals surface area contributed by atoms with E-state index in [9.17, 15) is 9.59 Å². The van der Waals surface area contributed by atoms with Gasteiger partial charge in [0.25, 0.3) is 11.8 Å². The second kappa shape index (κ2) is 5.65. The molecule has 0 saturated heterocycles. The summed E-state index contributed by atoms with van der Waals surface area (Å²) in [6.07, 6.45) is 4.44. The molecule has 0 fully saturated rings. The Morgan fingerprint density at radius 2 is 2.06 bits per heavy atom. The van der Waals surface area contributed by atoms with Crippen LogP contribution in [0.1, 0.15) is 59.6 Å². The standard InChI is InChI=1S/C14H19NO2S/c1-3-5-6-10(4-2)9-15-13(16)11-7-8-18-12(11)14(15)17/h7-8,10H,3-6,9H2,1-2H3. The number of amides is 2. The van der Waals surface area contributed by atoms with Gasteiger partial charge in [-0.3, -0.25) is 14.5 Å². The summed E-state index contributed by atoms with van der Waals surface area (Å²) < 4.78 is 0. The molecule has 2 heterocycles. The molecule has 4 heteroatoms. The highest BCUT2D eigenvalue weighted by molar-refractivity contribution is 7.12. The lowest BCUT2D eigenvalue weighted by Crippen LogP contribution is -2.34. The van der Waals surface area contributed by atoms with Crippen molar-refractivity contribution in [3.05, 3.63) is 21.9 Å². The lowest BCUT2D eigenvalue weighted by molar-refractivity contribution is 0.0625. The van der Waals surface area contributed by atoms with Crippen LogP contribution in [0.3, 0.4) is 0 Å². The number of thiophene rings is 1. The Balaban J connectivity index is 2.05. The van der Waals surface area contributed by atoms with Gasteiger partial charge in [-0.05, 0) is 23.8 Å². The van der Waals surface area contributed by atoms with E-state index in [1.54, 1.807) is 6.07 Å². The van der Waals surface area contributed by atoms with Crippen LogP contribution in [0.5, 0.6) is 0 Å². The molecule has 1 aliphatic rings. The second-order valence-corrected chi connectivity index (χ2v) is 5.72. The van der Waals surface area contributed by atoms with E-state index >= 15 is 0 Å². The highest BCUT2D eigenvalue weighted by Gasteiger charge is 2.37. The summed E-state index contributed by atoms with van der Waals surface area (Å²) in [6, 6.07) is 1.76. The van der Waals surface area contributed by atoms with Crippen molar-refractivity contribution in [2.24, 2.45) is 5.92 Å². The summed E-state index contributed by atoms with van der Waals surface area (Å²) in [6.45, 7) is 4.87. The largest absolute Gasteiger partial charge is 0.273 e. The van der Waals surface area contributed by atoms with E-state index in [0.29, 0.717) is 22.9 Å². The fourth-order valence-corrected chi connectivity index (χ4v) is 3.18. The average Bonchev–Trinajstić information content (AvgIpc) is 2.93. The molecule has 0 radical (unpaired) electrons. The Bertz CT molecular complexity index is 422. The minimum Gasteiger partial charge on any atom is -0.273 e. The van der Waals surface area contributed by atoms with Crippen LogP contribution in [0, 0.1) is 5.92 Å². The van der Waals surface area contributed by atoms with Crippen molar-refractivity contribution in [1.29, 1.82) is 0 Å². The Hall–Kier alpha value is -1.16. The molecular weight excluding hydrogens is 246 g/mol. The van der Waals surface area contributed by atoms with Gasteiger partial charge in [-0.25, -0.2) is 0 Å². The van der Waals surface area contributed by atoms with E-state index in [4.69, 9.17) is 0 Å². The summed E-state index contributed by atoms with van der Waals surface area (Å²) in [5, 5.41) is 1.81. The molecule has 0 N–H and O–H groups in total. The molecule has 18 heavy (non-hydrogen) atoms. The molecule has 1 aromatic rings. The van der Waals surface area contributed by atoms with Crippen LogP contribution >= 0.6 is 11.3 Å². The smallest absolute Gasteiger partial charge is 0.271 e. The molecule has 0 spiro atoms. The zero-order valence-corrected chi connectivity index (χ0v) is 11.8. The van der Waals surface area contributed by atoms with Gasteiger partial charge in [0.15, 0.2) is 0 Å². The molecule has 98 valence electrons. The molecular formula is C14H19NO2S. The first-order valence-electron chi connectivity index (χ1n) is 6.62. The van der Waals surface area contributed by atoms with Gasteiger partial charge in [-0.1, -0.05) is 33.1 Å². The third-order valence-corrected chi connectivity index (χ3v) is 4.47. The van der Waals surface area contributed by atoms with Gasteiger partial charge in [0.05, 0.1) is 5.56 Å². The van der Waals surface area contributed by atoms with E-state index in [0.717, 1.165) is 25.7 Å². The van der Waals surface area contributed by atoms with Crippen LogP contribution in [0.25, 0.3) is 0 Å². The number of fused-ring (bicyclic) bond motifs is 1. The lowest BCUT2D eigenvalue weighted by atomic mass is 9.99. The molecule has 0 saturated carbocycles. The summed E-state index contributed by atoms with van der Waals surface area (Å²) in [5.41, 5.74) is 0.593. The van der Waals surface area contributed by atoms with E-state index in [1.807, 2.05) is 5.38 Å². The lowest BCUT2D eigenvalue weighted by Gasteiger charge is -2.21. The van der Waals surface area contributed by atoms with Crippen LogP contribution in [-0.4, -0.2) is 23.3 Å². The predicted octanol–water partition coefficient (Wildman–Crippen LogP) is 3.56. The third kappa shape index (κ3) is 2.34. The van der Waals surface area contributed by atoms with Gasteiger partial charge in [0.2, 0.25) is 0 Å². The van der Waals surface area contributed by atoms with Gasteiger partial charge in [-0.2, -0.15) is 0 Å². The Kier molecular flexibility index (Phi) is 4.17. The van der Waals surface area contributed by atoms with Crippen molar-refractivity contribution in [1.82, 2.24) is 4.90 Å². The monoisotopic (exact) mass is 265 g/mol. The van der Waals surface area contributed by atoms with Crippen LogP contribution in [0.4, 0.5) is 0 Å². The van der Waals surface area contributed by atoms with E-state index < -0.39 is 0 Å². The van der Waals surface area contributed by atoms with Crippen LogP contribution in [0.15, 0.2) is 11.4 Å². The van der Waals surface area contributed by atoms with Gasteiger partial charge in [0.1, 0.15) is 4.88 Å². The number of unbranched alkanes of at least 4 members (excludes halogenated alkanes) is 1. The summed E-state index contributed by atoms with van der Waals surface area (Å²) in [7, 11) is 0. The number of hydrogen-bond acceptors (Lipinski definition) is 3. The van der Waals surface area contributed by atoms with Gasteiger partial charge >= 0.3 is 0 Å². The first-order valence-corrected chi connectivity index (χ1v) is 7.50.